The molecule has 0 N–H and O–H groups in total. The Morgan fingerprint density at radius 1 is 1.32 bits per heavy atom. The minimum absolute atomic E-state index is 0.0805. The highest BCUT2D eigenvalue weighted by atomic mass is 16.2. The zero-order chi connectivity index (χ0) is 14.3. The molecule has 3 nitrogen and oxygen atoms in total. The SMILES string of the molecule is CCCC(C#N)C(=O)N(CCC(C)C)C1CCCC1. The molecule has 1 aliphatic rings. The van der Waals surface area contributed by atoms with E-state index >= 15 is 0 Å². The summed E-state index contributed by atoms with van der Waals surface area (Å²) >= 11 is 0. The van der Waals surface area contributed by atoms with Gasteiger partial charge in [0, 0.05) is 12.6 Å². The second kappa shape index (κ2) is 8.19. The highest BCUT2D eigenvalue weighted by Crippen LogP contribution is 2.26. The second-order valence-electron chi connectivity index (χ2n) is 6.12. The summed E-state index contributed by atoms with van der Waals surface area (Å²) in [6.07, 6.45) is 7.31. The monoisotopic (exact) mass is 264 g/mol. The Kier molecular flexibility index (Phi) is 6.91. The Morgan fingerprint density at radius 2 is 1.95 bits per heavy atom. The molecular weight excluding hydrogens is 236 g/mol. The van der Waals surface area contributed by atoms with Gasteiger partial charge in [-0.3, -0.25) is 4.79 Å². The van der Waals surface area contributed by atoms with Gasteiger partial charge in [-0.25, -0.2) is 0 Å². The molecule has 0 radical (unpaired) electrons. The molecule has 19 heavy (non-hydrogen) atoms. The van der Waals surface area contributed by atoms with Gasteiger partial charge in [0.25, 0.3) is 0 Å². The maximum Gasteiger partial charge on any atom is 0.240 e. The third kappa shape index (κ3) is 4.86. The molecule has 0 aromatic rings. The minimum atomic E-state index is -0.433. The molecule has 0 aromatic carbocycles. The van der Waals surface area contributed by atoms with Crippen LogP contribution in [0.3, 0.4) is 0 Å². The molecule has 0 heterocycles. The normalized spacial score (nSPS) is 17.4. The molecule has 1 aliphatic carbocycles. The fourth-order valence-electron chi connectivity index (χ4n) is 2.82. The second-order valence-corrected chi connectivity index (χ2v) is 6.12. The zero-order valence-corrected chi connectivity index (χ0v) is 12.7. The van der Waals surface area contributed by atoms with Crippen LogP contribution < -0.4 is 0 Å². The van der Waals surface area contributed by atoms with Gasteiger partial charge < -0.3 is 4.90 Å². The summed E-state index contributed by atoms with van der Waals surface area (Å²) in [6.45, 7) is 7.23. The highest BCUT2D eigenvalue weighted by molar-refractivity contribution is 5.81. The number of nitriles is 1. The smallest absolute Gasteiger partial charge is 0.240 e. The number of carbonyl (C=O) groups excluding carboxylic acids is 1. The average molecular weight is 264 g/mol. The van der Waals surface area contributed by atoms with E-state index in [2.05, 4.69) is 19.9 Å². The van der Waals surface area contributed by atoms with E-state index in [-0.39, 0.29) is 5.91 Å². The molecule has 3 heteroatoms. The van der Waals surface area contributed by atoms with Gasteiger partial charge in [0.05, 0.1) is 6.07 Å². The zero-order valence-electron chi connectivity index (χ0n) is 12.7. The number of rotatable bonds is 7. The van der Waals surface area contributed by atoms with Crippen LogP contribution in [0, 0.1) is 23.2 Å². The summed E-state index contributed by atoms with van der Waals surface area (Å²) < 4.78 is 0. The Morgan fingerprint density at radius 3 is 2.42 bits per heavy atom. The summed E-state index contributed by atoms with van der Waals surface area (Å²) in [4.78, 5) is 14.6. The van der Waals surface area contributed by atoms with Crippen molar-refractivity contribution in [1.29, 1.82) is 5.26 Å². The van der Waals surface area contributed by atoms with Crippen molar-refractivity contribution < 1.29 is 4.79 Å². The highest BCUT2D eigenvalue weighted by Gasteiger charge is 2.30. The first-order chi connectivity index (χ1) is 9.10. The average Bonchev–Trinajstić information content (AvgIpc) is 2.89. The predicted molar refractivity (Wildman–Crippen MR) is 77.4 cm³/mol. The summed E-state index contributed by atoms with van der Waals surface area (Å²) in [5, 5.41) is 9.20. The number of hydrogen-bond donors (Lipinski definition) is 0. The largest absolute Gasteiger partial charge is 0.339 e. The third-order valence-electron chi connectivity index (χ3n) is 4.03. The fourth-order valence-corrected chi connectivity index (χ4v) is 2.82. The fraction of sp³-hybridized carbons (Fsp3) is 0.875. The standard InChI is InChI=1S/C16H28N2O/c1-4-7-14(12-17)16(19)18(11-10-13(2)3)15-8-5-6-9-15/h13-15H,4-11H2,1-3H3. The van der Waals surface area contributed by atoms with Gasteiger partial charge in [-0.2, -0.15) is 5.26 Å². The summed E-state index contributed by atoms with van der Waals surface area (Å²) in [6, 6.07) is 2.59. The van der Waals surface area contributed by atoms with Crippen LogP contribution in [-0.4, -0.2) is 23.4 Å². The Labute approximate surface area is 118 Å². The molecule has 1 saturated carbocycles. The summed E-state index contributed by atoms with van der Waals surface area (Å²) in [5.41, 5.74) is 0. The quantitative estimate of drug-likeness (QED) is 0.703. The van der Waals surface area contributed by atoms with Crippen LogP contribution in [0.25, 0.3) is 0 Å². The molecular formula is C16H28N2O. The Balaban J connectivity index is 2.70. The minimum Gasteiger partial charge on any atom is -0.339 e. The van der Waals surface area contributed by atoms with E-state index in [0.29, 0.717) is 18.4 Å². The van der Waals surface area contributed by atoms with Gasteiger partial charge in [0.1, 0.15) is 5.92 Å². The molecule has 1 unspecified atom stereocenters. The lowest BCUT2D eigenvalue weighted by atomic mass is 10.0. The van der Waals surface area contributed by atoms with Gasteiger partial charge >= 0.3 is 0 Å². The van der Waals surface area contributed by atoms with Crippen LogP contribution in [0.4, 0.5) is 0 Å². The molecule has 0 bridgehead atoms. The van der Waals surface area contributed by atoms with Crippen molar-refractivity contribution in [2.75, 3.05) is 6.54 Å². The van der Waals surface area contributed by atoms with Crippen molar-refractivity contribution in [3.63, 3.8) is 0 Å². The van der Waals surface area contributed by atoms with Crippen molar-refractivity contribution >= 4 is 5.91 Å². The van der Waals surface area contributed by atoms with Gasteiger partial charge in [-0.15, -0.1) is 0 Å². The maximum absolute atomic E-state index is 12.6. The van der Waals surface area contributed by atoms with Crippen LogP contribution in [-0.2, 0) is 4.79 Å². The van der Waals surface area contributed by atoms with Crippen LogP contribution in [0.2, 0.25) is 0 Å². The molecule has 1 atom stereocenters. The Hall–Kier alpha value is -1.04. The van der Waals surface area contributed by atoms with E-state index in [1.54, 1.807) is 0 Å². The number of nitrogens with zero attached hydrogens (tertiary/aromatic N) is 2. The lowest BCUT2D eigenvalue weighted by molar-refractivity contribution is -0.136. The number of carbonyl (C=O) groups is 1. The van der Waals surface area contributed by atoms with Crippen LogP contribution in [0.5, 0.6) is 0 Å². The summed E-state index contributed by atoms with van der Waals surface area (Å²) in [5.74, 6) is 0.248. The molecule has 1 fully saturated rings. The molecule has 0 aliphatic heterocycles. The van der Waals surface area contributed by atoms with Crippen molar-refractivity contribution in [3.8, 4) is 6.07 Å². The van der Waals surface area contributed by atoms with Crippen molar-refractivity contribution in [2.24, 2.45) is 11.8 Å². The topological polar surface area (TPSA) is 44.1 Å². The molecule has 108 valence electrons. The summed E-state index contributed by atoms with van der Waals surface area (Å²) in [7, 11) is 0. The van der Waals surface area contributed by atoms with E-state index in [9.17, 15) is 10.1 Å². The van der Waals surface area contributed by atoms with Crippen molar-refractivity contribution in [2.45, 2.75) is 71.8 Å². The third-order valence-corrected chi connectivity index (χ3v) is 4.03. The van der Waals surface area contributed by atoms with E-state index in [4.69, 9.17) is 0 Å². The van der Waals surface area contributed by atoms with Gasteiger partial charge in [0.2, 0.25) is 5.91 Å². The predicted octanol–water partition coefficient (Wildman–Crippen LogP) is 3.74. The van der Waals surface area contributed by atoms with E-state index in [1.165, 1.54) is 12.8 Å². The van der Waals surface area contributed by atoms with E-state index in [1.807, 2.05) is 11.8 Å². The first kappa shape index (κ1) is 16.0. The molecule has 0 aromatic heterocycles. The van der Waals surface area contributed by atoms with Crippen LogP contribution in [0.15, 0.2) is 0 Å². The number of hydrogen-bond acceptors (Lipinski definition) is 2. The van der Waals surface area contributed by atoms with Crippen molar-refractivity contribution in [1.82, 2.24) is 4.90 Å². The number of amides is 1. The van der Waals surface area contributed by atoms with Gasteiger partial charge in [-0.1, -0.05) is 40.0 Å². The van der Waals surface area contributed by atoms with Crippen LogP contribution >= 0.6 is 0 Å². The first-order valence-corrected chi connectivity index (χ1v) is 7.80. The van der Waals surface area contributed by atoms with E-state index < -0.39 is 5.92 Å². The molecule has 1 rings (SSSR count). The molecule has 0 saturated heterocycles. The van der Waals surface area contributed by atoms with Crippen LogP contribution in [0.1, 0.15) is 65.7 Å². The Bertz CT molecular complexity index is 313. The molecule has 1 amide bonds. The van der Waals surface area contributed by atoms with Gasteiger partial charge in [-0.05, 0) is 31.6 Å². The maximum atomic E-state index is 12.6. The molecule has 0 spiro atoms. The first-order valence-electron chi connectivity index (χ1n) is 7.80. The van der Waals surface area contributed by atoms with Gasteiger partial charge in [0.15, 0.2) is 0 Å². The van der Waals surface area contributed by atoms with E-state index in [0.717, 1.165) is 32.2 Å². The lowest BCUT2D eigenvalue weighted by Gasteiger charge is -2.31. The van der Waals surface area contributed by atoms with Crippen molar-refractivity contribution in [3.05, 3.63) is 0 Å². The lowest BCUT2D eigenvalue weighted by Crippen LogP contribution is -2.43.